The molecule has 0 spiro atoms. The molecule has 2 aromatic heterocycles. The minimum Gasteiger partial charge on any atom is -0.381 e. The van der Waals surface area contributed by atoms with Gasteiger partial charge in [0.15, 0.2) is 5.65 Å². The predicted octanol–water partition coefficient (Wildman–Crippen LogP) is 2.69. The summed E-state index contributed by atoms with van der Waals surface area (Å²) in [6, 6.07) is 13.8. The van der Waals surface area contributed by atoms with Crippen LogP contribution in [0.15, 0.2) is 48.7 Å². The Morgan fingerprint density at radius 1 is 1.12 bits per heavy atom. The summed E-state index contributed by atoms with van der Waals surface area (Å²) in [4.78, 5) is 12.3. The zero-order valence-electron chi connectivity index (χ0n) is 13.9. The van der Waals surface area contributed by atoms with Gasteiger partial charge in [-0.3, -0.25) is 9.20 Å². The summed E-state index contributed by atoms with van der Waals surface area (Å²) in [5, 5.41) is 11.4. The molecule has 1 saturated heterocycles. The first-order valence-corrected chi connectivity index (χ1v) is 8.56. The molecule has 6 nitrogen and oxygen atoms in total. The van der Waals surface area contributed by atoms with E-state index in [2.05, 4.69) is 15.5 Å². The van der Waals surface area contributed by atoms with Crippen molar-refractivity contribution in [3.8, 4) is 0 Å². The second-order valence-electron chi connectivity index (χ2n) is 6.29. The molecule has 1 amide bonds. The minimum atomic E-state index is 0.0517. The molecule has 1 fully saturated rings. The lowest BCUT2D eigenvalue weighted by molar-refractivity contribution is -0.122. The Morgan fingerprint density at radius 2 is 1.92 bits per heavy atom. The lowest BCUT2D eigenvalue weighted by atomic mass is 9.99. The molecule has 0 atom stereocenters. The van der Waals surface area contributed by atoms with Crippen LogP contribution >= 0.6 is 0 Å². The van der Waals surface area contributed by atoms with Crippen molar-refractivity contribution < 1.29 is 9.53 Å². The smallest absolute Gasteiger partial charge is 0.227 e. The average molecular weight is 336 g/mol. The van der Waals surface area contributed by atoms with Crippen LogP contribution in [0, 0.1) is 5.92 Å². The summed E-state index contributed by atoms with van der Waals surface area (Å²) in [6.45, 7) is 1.34. The van der Waals surface area contributed by atoms with Crippen molar-refractivity contribution in [1.82, 2.24) is 14.6 Å². The third kappa shape index (κ3) is 3.53. The van der Waals surface area contributed by atoms with Crippen LogP contribution in [0.4, 0.5) is 5.69 Å². The highest BCUT2D eigenvalue weighted by Crippen LogP contribution is 2.18. The Kier molecular flexibility index (Phi) is 4.43. The van der Waals surface area contributed by atoms with Gasteiger partial charge in [-0.15, -0.1) is 10.2 Å². The molecule has 3 aromatic rings. The monoisotopic (exact) mass is 336 g/mol. The van der Waals surface area contributed by atoms with E-state index in [0.29, 0.717) is 19.6 Å². The van der Waals surface area contributed by atoms with Crippen LogP contribution in [-0.4, -0.2) is 33.7 Å². The lowest BCUT2D eigenvalue weighted by Gasteiger charge is -2.21. The molecular weight excluding hydrogens is 316 g/mol. The first kappa shape index (κ1) is 15.8. The van der Waals surface area contributed by atoms with E-state index in [1.807, 2.05) is 53.1 Å². The number of nitrogens with one attached hydrogen (secondary N) is 1. The number of pyridine rings is 1. The maximum Gasteiger partial charge on any atom is 0.227 e. The third-order valence-electron chi connectivity index (χ3n) is 4.56. The fourth-order valence-corrected chi connectivity index (χ4v) is 3.10. The fourth-order valence-electron chi connectivity index (χ4n) is 3.10. The number of amides is 1. The Labute approximate surface area is 145 Å². The number of hydrogen-bond donors (Lipinski definition) is 1. The molecule has 25 heavy (non-hydrogen) atoms. The number of benzene rings is 1. The molecule has 0 radical (unpaired) electrons. The third-order valence-corrected chi connectivity index (χ3v) is 4.56. The molecule has 3 heterocycles. The molecule has 1 aliphatic rings. The highest BCUT2D eigenvalue weighted by molar-refractivity contribution is 5.92. The van der Waals surface area contributed by atoms with Gasteiger partial charge in [0, 0.05) is 37.4 Å². The summed E-state index contributed by atoms with van der Waals surface area (Å²) >= 11 is 0. The molecule has 0 unspecified atom stereocenters. The number of nitrogens with zero attached hydrogens (tertiary/aromatic N) is 3. The normalized spacial score (nSPS) is 15.4. The highest BCUT2D eigenvalue weighted by atomic mass is 16.5. The van der Waals surface area contributed by atoms with E-state index in [1.165, 1.54) is 0 Å². The van der Waals surface area contributed by atoms with Crippen molar-refractivity contribution >= 4 is 17.2 Å². The standard InChI is InChI=1S/C19H20N4O2/c24-19(15-8-11-25-12-9-15)20-16-6-4-14(5-7-16)13-18-22-21-17-3-1-2-10-23(17)18/h1-7,10,15H,8-9,11-13H2,(H,20,24). The SMILES string of the molecule is O=C(Nc1ccc(Cc2nnc3ccccn23)cc1)C1CCOCC1. The van der Waals surface area contributed by atoms with Crippen LogP contribution < -0.4 is 5.32 Å². The van der Waals surface area contributed by atoms with Crippen molar-refractivity contribution in [2.75, 3.05) is 18.5 Å². The van der Waals surface area contributed by atoms with Crippen molar-refractivity contribution in [2.24, 2.45) is 5.92 Å². The zero-order chi connectivity index (χ0) is 17.1. The van der Waals surface area contributed by atoms with Crippen molar-refractivity contribution in [1.29, 1.82) is 0 Å². The van der Waals surface area contributed by atoms with E-state index in [9.17, 15) is 4.79 Å². The van der Waals surface area contributed by atoms with E-state index < -0.39 is 0 Å². The van der Waals surface area contributed by atoms with E-state index in [0.717, 1.165) is 35.6 Å². The molecule has 4 rings (SSSR count). The zero-order valence-corrected chi connectivity index (χ0v) is 13.9. The lowest BCUT2D eigenvalue weighted by Crippen LogP contribution is -2.28. The average Bonchev–Trinajstić information content (AvgIpc) is 3.07. The highest BCUT2D eigenvalue weighted by Gasteiger charge is 2.21. The summed E-state index contributed by atoms with van der Waals surface area (Å²) in [5.74, 6) is 1.03. The van der Waals surface area contributed by atoms with Gasteiger partial charge in [-0.05, 0) is 42.7 Å². The largest absolute Gasteiger partial charge is 0.381 e. The van der Waals surface area contributed by atoms with E-state index >= 15 is 0 Å². The number of anilines is 1. The number of ether oxygens (including phenoxy) is 1. The van der Waals surface area contributed by atoms with Crippen molar-refractivity contribution in [3.05, 3.63) is 60.0 Å². The molecular formula is C19H20N4O2. The van der Waals surface area contributed by atoms with Gasteiger partial charge < -0.3 is 10.1 Å². The van der Waals surface area contributed by atoms with Gasteiger partial charge in [-0.2, -0.15) is 0 Å². The maximum absolute atomic E-state index is 12.3. The summed E-state index contributed by atoms with van der Waals surface area (Å²) in [6.07, 6.45) is 4.25. The summed E-state index contributed by atoms with van der Waals surface area (Å²) < 4.78 is 7.29. The molecule has 1 aromatic carbocycles. The Hall–Kier alpha value is -2.73. The maximum atomic E-state index is 12.3. The molecule has 128 valence electrons. The van der Waals surface area contributed by atoms with Gasteiger partial charge >= 0.3 is 0 Å². The number of aromatic nitrogens is 3. The molecule has 0 saturated carbocycles. The first-order valence-electron chi connectivity index (χ1n) is 8.56. The van der Waals surface area contributed by atoms with Crippen LogP contribution in [-0.2, 0) is 16.0 Å². The molecule has 1 aliphatic heterocycles. The van der Waals surface area contributed by atoms with Crippen LogP contribution in [0.5, 0.6) is 0 Å². The summed E-state index contributed by atoms with van der Waals surface area (Å²) in [5.41, 5.74) is 2.80. The van der Waals surface area contributed by atoms with Gasteiger partial charge in [-0.1, -0.05) is 18.2 Å². The number of carbonyl (C=O) groups excluding carboxylic acids is 1. The van der Waals surface area contributed by atoms with Gasteiger partial charge in [0.05, 0.1) is 0 Å². The van der Waals surface area contributed by atoms with E-state index in [4.69, 9.17) is 4.74 Å². The predicted molar refractivity (Wildman–Crippen MR) is 94.4 cm³/mol. The molecule has 1 N–H and O–H groups in total. The number of fused-ring (bicyclic) bond motifs is 1. The molecule has 0 aliphatic carbocycles. The van der Waals surface area contributed by atoms with Crippen molar-refractivity contribution in [3.63, 3.8) is 0 Å². The Morgan fingerprint density at radius 3 is 2.72 bits per heavy atom. The Balaban J connectivity index is 1.42. The van der Waals surface area contributed by atoms with Crippen LogP contribution in [0.25, 0.3) is 5.65 Å². The van der Waals surface area contributed by atoms with Crippen LogP contribution in [0.2, 0.25) is 0 Å². The second-order valence-corrected chi connectivity index (χ2v) is 6.29. The Bertz CT molecular complexity index is 867. The van der Waals surface area contributed by atoms with Gasteiger partial charge in [-0.25, -0.2) is 0 Å². The number of hydrogen-bond acceptors (Lipinski definition) is 4. The van der Waals surface area contributed by atoms with Gasteiger partial charge in [0.25, 0.3) is 0 Å². The van der Waals surface area contributed by atoms with E-state index in [-0.39, 0.29) is 11.8 Å². The quantitative estimate of drug-likeness (QED) is 0.795. The van der Waals surface area contributed by atoms with Gasteiger partial charge in [0.2, 0.25) is 5.91 Å². The second kappa shape index (κ2) is 7.03. The van der Waals surface area contributed by atoms with Gasteiger partial charge in [0.1, 0.15) is 5.82 Å². The number of carbonyl (C=O) groups is 1. The molecule has 6 heteroatoms. The van der Waals surface area contributed by atoms with Crippen LogP contribution in [0.3, 0.4) is 0 Å². The summed E-state index contributed by atoms with van der Waals surface area (Å²) in [7, 11) is 0. The van der Waals surface area contributed by atoms with Crippen molar-refractivity contribution in [2.45, 2.75) is 19.3 Å². The minimum absolute atomic E-state index is 0.0517. The molecule has 0 bridgehead atoms. The fraction of sp³-hybridized carbons (Fsp3) is 0.316. The number of rotatable bonds is 4. The first-order chi connectivity index (χ1) is 12.3. The van der Waals surface area contributed by atoms with E-state index in [1.54, 1.807) is 0 Å². The topological polar surface area (TPSA) is 68.5 Å². The van der Waals surface area contributed by atoms with Crippen LogP contribution in [0.1, 0.15) is 24.2 Å².